The molecular weight excluding hydrogens is 711 g/mol. The fourth-order valence-corrected chi connectivity index (χ4v) is 9.39. The van der Waals surface area contributed by atoms with E-state index in [0.717, 1.165) is 56.0 Å². The van der Waals surface area contributed by atoms with Gasteiger partial charge in [-0.2, -0.15) is 0 Å². The topological polar surface area (TPSA) is 38.7 Å². The van der Waals surface area contributed by atoms with Crippen LogP contribution in [-0.4, -0.2) is 15.0 Å². The first-order valence-corrected chi connectivity index (χ1v) is 20.0. The number of aromatic nitrogens is 3. The summed E-state index contributed by atoms with van der Waals surface area (Å²) in [6, 6.07) is 70.6. The molecule has 0 saturated carbocycles. The maximum absolute atomic E-state index is 5.48. The third-order valence-electron chi connectivity index (χ3n) is 10.9. The lowest BCUT2D eigenvalue weighted by molar-refractivity contribution is 1.18. The van der Waals surface area contributed by atoms with Crippen LogP contribution in [-0.2, 0) is 0 Å². The zero-order valence-electron chi connectivity index (χ0n) is 30.8. The predicted octanol–water partition coefficient (Wildman–Crippen LogP) is 14.5. The Bertz CT molecular complexity index is 3260. The number of hydrogen-bond donors (Lipinski definition) is 0. The molecule has 11 rings (SSSR count). The molecule has 3 aromatic heterocycles. The van der Waals surface area contributed by atoms with Crippen molar-refractivity contribution in [3.8, 4) is 67.4 Å². The summed E-state index contributed by atoms with van der Waals surface area (Å²) < 4.78 is 2.51. The van der Waals surface area contributed by atoms with Gasteiger partial charge in [-0.25, -0.2) is 15.0 Å². The summed E-state index contributed by atoms with van der Waals surface area (Å²) in [4.78, 5) is 15.8. The van der Waals surface area contributed by atoms with Crippen molar-refractivity contribution in [1.29, 1.82) is 0 Å². The highest BCUT2D eigenvalue weighted by molar-refractivity contribution is 7.26. The Morgan fingerprint density at radius 1 is 0.351 bits per heavy atom. The molecule has 0 N–H and O–H groups in total. The van der Waals surface area contributed by atoms with Crippen LogP contribution >= 0.6 is 11.3 Å². The van der Waals surface area contributed by atoms with Gasteiger partial charge in [-0.3, -0.25) is 0 Å². The van der Waals surface area contributed by atoms with Crippen LogP contribution in [0.25, 0.3) is 109 Å². The van der Waals surface area contributed by atoms with Crippen molar-refractivity contribution >= 4 is 53.2 Å². The summed E-state index contributed by atoms with van der Waals surface area (Å²) in [6.07, 6.45) is 0. The molecule has 0 aliphatic carbocycles. The molecule has 0 spiro atoms. The third kappa shape index (κ3) is 5.86. The number of rotatable bonds is 6. The first-order chi connectivity index (χ1) is 28.2. The third-order valence-corrected chi connectivity index (χ3v) is 12.1. The van der Waals surface area contributed by atoms with Gasteiger partial charge in [-0.05, 0) is 51.2 Å². The van der Waals surface area contributed by atoms with Gasteiger partial charge in [-0.15, -0.1) is 11.3 Å². The smallest absolute Gasteiger partial charge is 0.160 e. The van der Waals surface area contributed by atoms with Gasteiger partial charge in [0.05, 0.1) is 22.6 Å². The second-order valence-corrected chi connectivity index (χ2v) is 15.4. The quantitative estimate of drug-likeness (QED) is 0.170. The van der Waals surface area contributed by atoms with Gasteiger partial charge in [0.25, 0.3) is 0 Å². The van der Waals surface area contributed by atoms with Gasteiger partial charge in [-0.1, -0.05) is 182 Å². The van der Waals surface area contributed by atoms with E-state index in [9.17, 15) is 0 Å². The van der Waals surface area contributed by atoms with Gasteiger partial charge in [0, 0.05) is 47.8 Å². The Balaban J connectivity index is 1.04. The minimum Gasteiger partial charge on any atom is -0.247 e. The fraction of sp³-hybridized carbons (Fsp3) is 0. The minimum absolute atomic E-state index is 0.691. The van der Waals surface area contributed by atoms with Crippen LogP contribution < -0.4 is 0 Å². The molecule has 8 aromatic carbocycles. The first-order valence-electron chi connectivity index (χ1n) is 19.2. The predicted molar refractivity (Wildman–Crippen MR) is 240 cm³/mol. The van der Waals surface area contributed by atoms with E-state index in [-0.39, 0.29) is 0 Å². The van der Waals surface area contributed by atoms with Crippen molar-refractivity contribution in [3.05, 3.63) is 200 Å². The Morgan fingerprint density at radius 3 is 1.67 bits per heavy atom. The first kappa shape index (κ1) is 33.1. The van der Waals surface area contributed by atoms with Crippen molar-refractivity contribution < 1.29 is 0 Å². The van der Waals surface area contributed by atoms with Crippen molar-refractivity contribution in [1.82, 2.24) is 15.0 Å². The molecular formula is C53H33N3S. The number of fused-ring (bicyclic) bond motifs is 6. The molecule has 3 heterocycles. The Kier molecular flexibility index (Phi) is 8.01. The standard InChI is InChI=1S/C53H33N3S/c1-3-13-34(14-4-1)35-25-29-39(30-26-35)47-33-46(38-16-5-2-6-17-38)55-53(56-47)40-31-27-37(28-32-40)42-21-12-23-45-49(42)52-50(44-20-9-10-24-48(44)57-52)51(54-45)43-22-11-18-36-15-7-8-19-41(36)43/h1-33H. The molecule has 3 nitrogen and oxygen atoms in total. The van der Waals surface area contributed by atoms with E-state index in [4.69, 9.17) is 15.0 Å². The van der Waals surface area contributed by atoms with E-state index in [1.807, 2.05) is 23.5 Å². The summed E-state index contributed by atoms with van der Waals surface area (Å²) >= 11 is 1.85. The lowest BCUT2D eigenvalue weighted by Gasteiger charge is -2.13. The van der Waals surface area contributed by atoms with Crippen LogP contribution in [0.15, 0.2) is 200 Å². The monoisotopic (exact) mass is 743 g/mol. The van der Waals surface area contributed by atoms with Crippen LogP contribution in [0.4, 0.5) is 0 Å². The zero-order valence-corrected chi connectivity index (χ0v) is 31.6. The van der Waals surface area contributed by atoms with Crippen LogP contribution in [0.2, 0.25) is 0 Å². The van der Waals surface area contributed by atoms with E-state index < -0.39 is 0 Å². The molecule has 0 aliphatic rings. The number of benzene rings is 8. The second kappa shape index (κ2) is 13.8. The number of hydrogen-bond acceptors (Lipinski definition) is 4. The molecule has 0 unspecified atom stereocenters. The Labute approximate surface area is 334 Å². The minimum atomic E-state index is 0.691. The highest BCUT2D eigenvalue weighted by Crippen LogP contribution is 2.46. The van der Waals surface area contributed by atoms with Crippen molar-refractivity contribution in [2.24, 2.45) is 0 Å². The fourth-order valence-electron chi connectivity index (χ4n) is 8.12. The van der Waals surface area contributed by atoms with Gasteiger partial charge in [0.1, 0.15) is 0 Å². The summed E-state index contributed by atoms with van der Waals surface area (Å²) in [5, 5.41) is 6.04. The number of pyridine rings is 1. The van der Waals surface area contributed by atoms with Crippen LogP contribution in [0.3, 0.4) is 0 Å². The molecule has 0 radical (unpaired) electrons. The van der Waals surface area contributed by atoms with E-state index >= 15 is 0 Å². The molecule has 11 aromatic rings. The molecule has 0 amide bonds. The van der Waals surface area contributed by atoms with Crippen molar-refractivity contribution in [2.45, 2.75) is 0 Å². The summed E-state index contributed by atoms with van der Waals surface area (Å²) in [5.74, 6) is 0.691. The molecule has 0 aliphatic heterocycles. The van der Waals surface area contributed by atoms with E-state index in [1.165, 1.54) is 47.5 Å². The normalized spacial score (nSPS) is 11.5. The Morgan fingerprint density at radius 2 is 0.895 bits per heavy atom. The highest BCUT2D eigenvalue weighted by Gasteiger charge is 2.20. The van der Waals surface area contributed by atoms with Crippen LogP contribution in [0, 0.1) is 0 Å². The van der Waals surface area contributed by atoms with E-state index in [2.05, 4.69) is 188 Å². The van der Waals surface area contributed by atoms with Gasteiger partial charge in [0.15, 0.2) is 5.82 Å². The Hall–Kier alpha value is -7.27. The maximum Gasteiger partial charge on any atom is 0.160 e. The van der Waals surface area contributed by atoms with Crippen LogP contribution in [0.1, 0.15) is 0 Å². The summed E-state index contributed by atoms with van der Waals surface area (Å²) in [6.45, 7) is 0. The second-order valence-electron chi connectivity index (χ2n) is 14.3. The number of thiophene rings is 1. The number of nitrogens with zero attached hydrogens (tertiary/aromatic N) is 3. The molecule has 0 saturated heterocycles. The average molecular weight is 744 g/mol. The molecule has 0 bridgehead atoms. The molecule has 0 atom stereocenters. The van der Waals surface area contributed by atoms with Gasteiger partial charge >= 0.3 is 0 Å². The van der Waals surface area contributed by atoms with Crippen LogP contribution in [0.5, 0.6) is 0 Å². The zero-order chi connectivity index (χ0) is 37.7. The lowest BCUT2D eigenvalue weighted by atomic mass is 9.94. The maximum atomic E-state index is 5.48. The summed E-state index contributed by atoms with van der Waals surface area (Å²) in [5.41, 5.74) is 12.7. The van der Waals surface area contributed by atoms with Gasteiger partial charge < -0.3 is 0 Å². The molecule has 266 valence electrons. The molecule has 4 heteroatoms. The SMILES string of the molecule is c1ccc(-c2ccc(-c3cc(-c4ccccc4)nc(-c4ccc(-c5cccc6nc(-c7cccc8ccccc78)c7c8ccccc8sc7c56)cc4)n3)cc2)cc1. The molecule has 57 heavy (non-hydrogen) atoms. The highest BCUT2D eigenvalue weighted by atomic mass is 32.1. The van der Waals surface area contributed by atoms with E-state index in [1.54, 1.807) is 0 Å². The van der Waals surface area contributed by atoms with Crippen molar-refractivity contribution in [2.75, 3.05) is 0 Å². The molecule has 0 fully saturated rings. The largest absolute Gasteiger partial charge is 0.247 e. The average Bonchev–Trinajstić information content (AvgIpc) is 3.69. The summed E-state index contributed by atoms with van der Waals surface area (Å²) in [7, 11) is 0. The van der Waals surface area contributed by atoms with Gasteiger partial charge in [0.2, 0.25) is 0 Å². The lowest BCUT2D eigenvalue weighted by Crippen LogP contribution is -1.96. The van der Waals surface area contributed by atoms with Crippen molar-refractivity contribution in [3.63, 3.8) is 0 Å². The van der Waals surface area contributed by atoms with E-state index in [0.29, 0.717) is 5.82 Å².